The maximum atomic E-state index is 12.2. The van der Waals surface area contributed by atoms with Crippen LogP contribution in [0.15, 0.2) is 18.5 Å². The van der Waals surface area contributed by atoms with Gasteiger partial charge in [-0.15, -0.1) is 0 Å². The smallest absolute Gasteiger partial charge is 0.339 e. The molecule has 1 aromatic heterocycles. The van der Waals surface area contributed by atoms with E-state index >= 15 is 0 Å². The molecule has 1 aliphatic rings. The molecule has 0 saturated carbocycles. The summed E-state index contributed by atoms with van der Waals surface area (Å²) in [5.41, 5.74) is -0.111. The molecule has 6 nitrogen and oxygen atoms in total. The van der Waals surface area contributed by atoms with Crippen LogP contribution in [-0.2, 0) is 4.79 Å². The summed E-state index contributed by atoms with van der Waals surface area (Å²) < 4.78 is 0. The van der Waals surface area contributed by atoms with Gasteiger partial charge in [0.25, 0.3) is 0 Å². The Labute approximate surface area is 111 Å². The van der Waals surface area contributed by atoms with Gasteiger partial charge in [0.1, 0.15) is 11.1 Å². The Morgan fingerprint density at radius 1 is 1.42 bits per heavy atom. The van der Waals surface area contributed by atoms with E-state index in [4.69, 9.17) is 0 Å². The summed E-state index contributed by atoms with van der Waals surface area (Å²) in [4.78, 5) is 30.8. The summed E-state index contributed by atoms with van der Waals surface area (Å²) in [7, 11) is 1.76. The largest absolute Gasteiger partial charge is 0.478 e. The summed E-state index contributed by atoms with van der Waals surface area (Å²) in [6.07, 6.45) is 2.86. The zero-order chi connectivity index (χ0) is 14.2. The third-order valence-electron chi connectivity index (χ3n) is 3.52. The quantitative estimate of drug-likeness (QED) is 0.855. The highest BCUT2D eigenvalue weighted by atomic mass is 16.4. The van der Waals surface area contributed by atoms with E-state index in [1.165, 1.54) is 6.20 Å². The van der Waals surface area contributed by atoms with Gasteiger partial charge in [0.05, 0.1) is 5.69 Å². The van der Waals surface area contributed by atoms with Crippen LogP contribution < -0.4 is 4.90 Å². The number of amides is 1. The Morgan fingerprint density at radius 3 is 2.74 bits per heavy atom. The van der Waals surface area contributed by atoms with Crippen molar-refractivity contribution in [1.29, 1.82) is 0 Å². The number of anilines is 1. The van der Waals surface area contributed by atoms with E-state index in [0.29, 0.717) is 18.8 Å². The van der Waals surface area contributed by atoms with E-state index in [0.717, 1.165) is 0 Å². The van der Waals surface area contributed by atoms with E-state index in [1.54, 1.807) is 38.1 Å². The van der Waals surface area contributed by atoms with Crippen LogP contribution in [0.5, 0.6) is 0 Å². The number of carboxylic acid groups (broad SMARTS) is 1. The number of hydrogen-bond donors (Lipinski definition) is 1. The SMILES string of the molecule is CN1CCN(c2ccncc2C(=O)O)C(C)(C)C1=O. The van der Waals surface area contributed by atoms with Crippen molar-refractivity contribution in [2.24, 2.45) is 0 Å². The fourth-order valence-corrected chi connectivity index (χ4v) is 2.42. The molecule has 1 fully saturated rings. The number of aromatic nitrogens is 1. The molecule has 1 aromatic rings. The van der Waals surface area contributed by atoms with Crippen LogP contribution in [0.25, 0.3) is 0 Å². The molecule has 1 amide bonds. The standard InChI is InChI=1S/C13H17N3O3/c1-13(2)12(19)15(3)6-7-16(13)10-4-5-14-8-9(10)11(17)18/h4-5,8H,6-7H2,1-3H3,(H,17,18). The number of hydrogen-bond acceptors (Lipinski definition) is 4. The molecule has 0 atom stereocenters. The predicted molar refractivity (Wildman–Crippen MR) is 70.3 cm³/mol. The van der Waals surface area contributed by atoms with Crippen LogP contribution in [0.4, 0.5) is 5.69 Å². The monoisotopic (exact) mass is 263 g/mol. The van der Waals surface area contributed by atoms with Gasteiger partial charge in [0.2, 0.25) is 5.91 Å². The highest BCUT2D eigenvalue weighted by Gasteiger charge is 2.41. The molecule has 102 valence electrons. The second-order valence-corrected chi connectivity index (χ2v) is 5.14. The first-order valence-electron chi connectivity index (χ1n) is 6.06. The van der Waals surface area contributed by atoms with Gasteiger partial charge in [0.15, 0.2) is 0 Å². The normalized spacial score (nSPS) is 18.6. The first kappa shape index (κ1) is 13.3. The minimum atomic E-state index is -1.04. The molecule has 2 heterocycles. The molecular weight excluding hydrogens is 246 g/mol. The Hall–Kier alpha value is -2.11. The number of likely N-dealkylation sites (N-methyl/N-ethyl adjacent to an activating group) is 1. The molecule has 0 spiro atoms. The summed E-state index contributed by atoms with van der Waals surface area (Å²) >= 11 is 0. The third kappa shape index (κ3) is 2.14. The first-order valence-corrected chi connectivity index (χ1v) is 6.06. The van der Waals surface area contributed by atoms with Crippen molar-refractivity contribution in [2.75, 3.05) is 25.0 Å². The van der Waals surface area contributed by atoms with Crippen molar-refractivity contribution < 1.29 is 14.7 Å². The van der Waals surface area contributed by atoms with Crippen LogP contribution in [0.3, 0.4) is 0 Å². The molecule has 0 aromatic carbocycles. The van der Waals surface area contributed by atoms with Crippen molar-refractivity contribution in [3.8, 4) is 0 Å². The van der Waals surface area contributed by atoms with Crippen LogP contribution in [0.2, 0.25) is 0 Å². The summed E-state index contributed by atoms with van der Waals surface area (Å²) in [6.45, 7) is 4.78. The van der Waals surface area contributed by atoms with E-state index < -0.39 is 11.5 Å². The molecule has 2 rings (SSSR count). The molecule has 1 aliphatic heterocycles. The lowest BCUT2D eigenvalue weighted by atomic mass is 9.96. The van der Waals surface area contributed by atoms with E-state index in [2.05, 4.69) is 4.98 Å². The van der Waals surface area contributed by atoms with Crippen molar-refractivity contribution in [3.05, 3.63) is 24.0 Å². The van der Waals surface area contributed by atoms with Crippen LogP contribution in [0, 0.1) is 0 Å². The predicted octanol–water partition coefficient (Wildman–Crippen LogP) is 0.837. The maximum Gasteiger partial charge on any atom is 0.339 e. The molecule has 0 bridgehead atoms. The molecule has 0 radical (unpaired) electrons. The average Bonchev–Trinajstić information content (AvgIpc) is 2.36. The second-order valence-electron chi connectivity index (χ2n) is 5.14. The number of nitrogens with zero attached hydrogens (tertiary/aromatic N) is 3. The topological polar surface area (TPSA) is 73.7 Å². The highest BCUT2D eigenvalue weighted by Crippen LogP contribution is 2.30. The molecule has 6 heteroatoms. The zero-order valence-electron chi connectivity index (χ0n) is 11.3. The summed E-state index contributed by atoms with van der Waals surface area (Å²) in [5, 5.41) is 9.22. The number of piperazine rings is 1. The number of carbonyl (C=O) groups excluding carboxylic acids is 1. The number of aromatic carboxylic acids is 1. The van der Waals surface area contributed by atoms with Crippen LogP contribution in [-0.4, -0.2) is 52.5 Å². The molecule has 19 heavy (non-hydrogen) atoms. The second kappa shape index (κ2) is 4.53. The van der Waals surface area contributed by atoms with Crippen molar-refractivity contribution >= 4 is 17.6 Å². The lowest BCUT2D eigenvalue weighted by Gasteiger charge is -2.46. The maximum absolute atomic E-state index is 12.2. The van der Waals surface area contributed by atoms with Crippen molar-refractivity contribution in [2.45, 2.75) is 19.4 Å². The van der Waals surface area contributed by atoms with Gasteiger partial charge in [0, 0.05) is 32.5 Å². The van der Waals surface area contributed by atoms with E-state index in [9.17, 15) is 14.7 Å². The van der Waals surface area contributed by atoms with Gasteiger partial charge in [-0.05, 0) is 19.9 Å². The molecule has 0 unspecified atom stereocenters. The number of carboxylic acids is 1. The highest BCUT2D eigenvalue weighted by molar-refractivity contribution is 5.97. The van der Waals surface area contributed by atoms with Gasteiger partial charge >= 0.3 is 5.97 Å². The molecular formula is C13H17N3O3. The fraction of sp³-hybridized carbons (Fsp3) is 0.462. The van der Waals surface area contributed by atoms with Crippen molar-refractivity contribution in [1.82, 2.24) is 9.88 Å². The molecule has 1 N–H and O–H groups in total. The zero-order valence-corrected chi connectivity index (χ0v) is 11.3. The minimum absolute atomic E-state index is 0.0214. The van der Waals surface area contributed by atoms with Gasteiger partial charge in [-0.3, -0.25) is 9.78 Å². The van der Waals surface area contributed by atoms with Crippen LogP contribution in [0.1, 0.15) is 24.2 Å². The summed E-state index contributed by atoms with van der Waals surface area (Å²) in [6, 6.07) is 1.64. The lowest BCUT2D eigenvalue weighted by molar-refractivity contribution is -0.136. The Kier molecular flexibility index (Phi) is 3.18. The Morgan fingerprint density at radius 2 is 2.11 bits per heavy atom. The average molecular weight is 263 g/mol. The van der Waals surface area contributed by atoms with Gasteiger partial charge in [-0.25, -0.2) is 4.79 Å². The molecule has 1 saturated heterocycles. The first-order chi connectivity index (χ1) is 8.85. The number of rotatable bonds is 2. The number of carbonyl (C=O) groups is 2. The van der Waals surface area contributed by atoms with E-state index in [-0.39, 0.29) is 11.5 Å². The van der Waals surface area contributed by atoms with E-state index in [1.807, 2.05) is 4.90 Å². The Balaban J connectivity index is 2.47. The minimum Gasteiger partial charge on any atom is -0.478 e. The fourth-order valence-electron chi connectivity index (χ4n) is 2.42. The van der Waals surface area contributed by atoms with Gasteiger partial charge < -0.3 is 14.9 Å². The van der Waals surface area contributed by atoms with Gasteiger partial charge in [-0.2, -0.15) is 0 Å². The summed E-state index contributed by atoms with van der Waals surface area (Å²) in [5.74, 6) is -1.06. The van der Waals surface area contributed by atoms with Crippen LogP contribution >= 0.6 is 0 Å². The molecule has 0 aliphatic carbocycles. The third-order valence-corrected chi connectivity index (χ3v) is 3.52. The lowest BCUT2D eigenvalue weighted by Crippen LogP contribution is -2.62. The number of pyridine rings is 1. The van der Waals surface area contributed by atoms with Gasteiger partial charge in [-0.1, -0.05) is 0 Å². The Bertz CT molecular complexity index is 528. The van der Waals surface area contributed by atoms with Crippen molar-refractivity contribution in [3.63, 3.8) is 0 Å².